The zero-order chi connectivity index (χ0) is 14.0. The van der Waals surface area contributed by atoms with Crippen LogP contribution in [0.15, 0.2) is 18.2 Å². The molecule has 0 aliphatic heterocycles. The van der Waals surface area contributed by atoms with Gasteiger partial charge in [0.1, 0.15) is 9.30 Å². The molecule has 6 heteroatoms. The second-order valence-electron chi connectivity index (χ2n) is 5.21. The number of aromatic amines is 1. The Balaban J connectivity index is 2.08. The summed E-state index contributed by atoms with van der Waals surface area (Å²) < 4.78 is 6.19. The Labute approximate surface area is 125 Å². The average molecular weight is 373 g/mol. The summed E-state index contributed by atoms with van der Waals surface area (Å²) in [6.45, 7) is 5.91. The van der Waals surface area contributed by atoms with Gasteiger partial charge in [-0.3, -0.25) is 5.10 Å². The average Bonchev–Trinajstić information content (AvgIpc) is 2.67. The molecule has 0 radical (unpaired) electrons. The number of amides is 1. The van der Waals surface area contributed by atoms with E-state index >= 15 is 0 Å². The molecule has 2 rings (SSSR count). The zero-order valence-corrected chi connectivity index (χ0v) is 13.2. The van der Waals surface area contributed by atoms with Gasteiger partial charge in [0.2, 0.25) is 0 Å². The first kappa shape index (κ1) is 14.1. The molecule has 0 atom stereocenters. The molecule has 0 aliphatic rings. The molecular formula is C13H16IN3O2. The Morgan fingerprint density at radius 2 is 2.21 bits per heavy atom. The zero-order valence-electron chi connectivity index (χ0n) is 11.1. The SMILES string of the molecule is CC(C)(C)OC(=O)NCc1cccc2c(I)[nH]nc12. The summed E-state index contributed by atoms with van der Waals surface area (Å²) in [5.74, 6) is 0. The highest BCUT2D eigenvalue weighted by Crippen LogP contribution is 2.20. The predicted molar refractivity (Wildman–Crippen MR) is 81.9 cm³/mol. The van der Waals surface area contributed by atoms with E-state index in [0.717, 1.165) is 20.2 Å². The van der Waals surface area contributed by atoms with Crippen LogP contribution in [0.25, 0.3) is 10.9 Å². The van der Waals surface area contributed by atoms with Gasteiger partial charge in [-0.15, -0.1) is 0 Å². The number of fused-ring (bicyclic) bond motifs is 1. The van der Waals surface area contributed by atoms with Crippen molar-refractivity contribution in [3.05, 3.63) is 27.5 Å². The van der Waals surface area contributed by atoms with Gasteiger partial charge in [0.25, 0.3) is 0 Å². The third-order valence-corrected chi connectivity index (χ3v) is 3.27. The highest BCUT2D eigenvalue weighted by atomic mass is 127. The summed E-state index contributed by atoms with van der Waals surface area (Å²) in [7, 11) is 0. The molecule has 2 N–H and O–H groups in total. The van der Waals surface area contributed by atoms with Crippen LogP contribution in [0.4, 0.5) is 4.79 Å². The number of nitrogens with one attached hydrogen (secondary N) is 2. The Bertz CT molecular complexity index is 601. The lowest BCUT2D eigenvalue weighted by Gasteiger charge is -2.19. The maximum Gasteiger partial charge on any atom is 0.407 e. The number of ether oxygens (including phenoxy) is 1. The fraction of sp³-hybridized carbons (Fsp3) is 0.385. The van der Waals surface area contributed by atoms with Crippen molar-refractivity contribution >= 4 is 39.6 Å². The molecule has 5 nitrogen and oxygen atoms in total. The molecular weight excluding hydrogens is 357 g/mol. The van der Waals surface area contributed by atoms with E-state index in [1.807, 2.05) is 39.0 Å². The standard InChI is InChI=1S/C13H16IN3O2/c1-13(2,3)19-12(18)15-7-8-5-4-6-9-10(8)16-17-11(9)14/h4-6H,7H2,1-3H3,(H,15,18)(H,16,17). The number of hydrogen-bond donors (Lipinski definition) is 2. The van der Waals surface area contributed by atoms with E-state index in [1.165, 1.54) is 0 Å². The lowest BCUT2D eigenvalue weighted by Crippen LogP contribution is -2.32. The van der Waals surface area contributed by atoms with Gasteiger partial charge in [0.15, 0.2) is 0 Å². The molecule has 102 valence electrons. The number of carbonyl (C=O) groups is 1. The number of aromatic nitrogens is 2. The van der Waals surface area contributed by atoms with Crippen LogP contribution in [-0.2, 0) is 11.3 Å². The first-order chi connectivity index (χ1) is 8.87. The number of halogens is 1. The van der Waals surface area contributed by atoms with Crippen molar-refractivity contribution < 1.29 is 9.53 Å². The van der Waals surface area contributed by atoms with Crippen molar-refractivity contribution in [3.8, 4) is 0 Å². The second kappa shape index (κ2) is 5.36. The Morgan fingerprint density at radius 3 is 2.89 bits per heavy atom. The Hall–Kier alpha value is -1.31. The molecule has 0 fully saturated rings. The topological polar surface area (TPSA) is 67.0 Å². The van der Waals surface area contributed by atoms with Gasteiger partial charge in [0.05, 0.1) is 5.52 Å². The third-order valence-electron chi connectivity index (χ3n) is 2.44. The molecule has 0 saturated heterocycles. The van der Waals surface area contributed by atoms with Crippen molar-refractivity contribution in [2.75, 3.05) is 0 Å². The maximum atomic E-state index is 11.6. The number of para-hydroxylation sites is 1. The van der Waals surface area contributed by atoms with Gasteiger partial charge in [-0.2, -0.15) is 5.10 Å². The van der Waals surface area contributed by atoms with Gasteiger partial charge < -0.3 is 10.1 Å². The smallest absolute Gasteiger partial charge is 0.407 e. The van der Waals surface area contributed by atoms with Gasteiger partial charge in [-0.05, 0) is 48.9 Å². The van der Waals surface area contributed by atoms with E-state index in [1.54, 1.807) is 0 Å². The van der Waals surface area contributed by atoms with Crippen LogP contribution in [0.5, 0.6) is 0 Å². The summed E-state index contributed by atoms with van der Waals surface area (Å²) >= 11 is 2.20. The summed E-state index contributed by atoms with van der Waals surface area (Å²) in [6, 6.07) is 5.89. The third kappa shape index (κ3) is 3.59. The van der Waals surface area contributed by atoms with E-state index < -0.39 is 11.7 Å². The molecule has 1 amide bonds. The maximum absolute atomic E-state index is 11.6. The van der Waals surface area contributed by atoms with Crippen LogP contribution in [0.2, 0.25) is 0 Å². The summed E-state index contributed by atoms with van der Waals surface area (Å²) in [5.41, 5.74) is 1.35. The van der Waals surface area contributed by atoms with Crippen LogP contribution in [-0.4, -0.2) is 21.9 Å². The van der Waals surface area contributed by atoms with E-state index in [2.05, 4.69) is 38.1 Å². The molecule has 0 spiro atoms. The van der Waals surface area contributed by atoms with Crippen LogP contribution >= 0.6 is 22.6 Å². The molecule has 0 saturated carbocycles. The molecule has 1 aromatic carbocycles. The number of H-pyrrole nitrogens is 1. The van der Waals surface area contributed by atoms with Crippen molar-refractivity contribution in [2.45, 2.75) is 32.9 Å². The molecule has 2 aromatic rings. The van der Waals surface area contributed by atoms with Crippen molar-refractivity contribution in [3.63, 3.8) is 0 Å². The van der Waals surface area contributed by atoms with Crippen molar-refractivity contribution in [2.24, 2.45) is 0 Å². The number of alkyl carbamates (subject to hydrolysis) is 1. The molecule has 1 heterocycles. The lowest BCUT2D eigenvalue weighted by molar-refractivity contribution is 0.0524. The fourth-order valence-corrected chi connectivity index (χ4v) is 2.25. The summed E-state index contributed by atoms with van der Waals surface area (Å²) in [6.07, 6.45) is -0.422. The van der Waals surface area contributed by atoms with Crippen LogP contribution in [0, 0.1) is 3.70 Å². The monoisotopic (exact) mass is 373 g/mol. The van der Waals surface area contributed by atoms with E-state index in [0.29, 0.717) is 6.54 Å². The lowest BCUT2D eigenvalue weighted by atomic mass is 10.1. The molecule has 0 bridgehead atoms. The Morgan fingerprint density at radius 1 is 1.47 bits per heavy atom. The van der Waals surface area contributed by atoms with Gasteiger partial charge in [-0.25, -0.2) is 4.79 Å². The summed E-state index contributed by atoms with van der Waals surface area (Å²) in [4.78, 5) is 11.6. The second-order valence-corrected chi connectivity index (χ2v) is 6.29. The largest absolute Gasteiger partial charge is 0.444 e. The summed E-state index contributed by atoms with van der Waals surface area (Å²) in [5, 5.41) is 11.0. The first-order valence-corrected chi connectivity index (χ1v) is 7.03. The predicted octanol–water partition coefficient (Wildman–Crippen LogP) is 3.19. The number of rotatable bonds is 2. The first-order valence-electron chi connectivity index (χ1n) is 5.95. The minimum Gasteiger partial charge on any atom is -0.444 e. The minimum atomic E-state index is -0.488. The highest BCUT2D eigenvalue weighted by Gasteiger charge is 2.16. The van der Waals surface area contributed by atoms with E-state index in [-0.39, 0.29) is 0 Å². The normalized spacial score (nSPS) is 11.6. The van der Waals surface area contributed by atoms with E-state index in [9.17, 15) is 4.79 Å². The molecule has 0 aliphatic carbocycles. The molecule has 19 heavy (non-hydrogen) atoms. The highest BCUT2D eigenvalue weighted by molar-refractivity contribution is 14.1. The van der Waals surface area contributed by atoms with Crippen LogP contribution in [0.1, 0.15) is 26.3 Å². The number of nitrogens with zero attached hydrogens (tertiary/aromatic N) is 1. The number of hydrogen-bond acceptors (Lipinski definition) is 3. The Kier molecular flexibility index (Phi) is 3.98. The molecule has 1 aromatic heterocycles. The van der Waals surface area contributed by atoms with Crippen LogP contribution < -0.4 is 5.32 Å². The quantitative estimate of drug-likeness (QED) is 0.795. The van der Waals surface area contributed by atoms with Gasteiger partial charge in [0, 0.05) is 11.9 Å². The van der Waals surface area contributed by atoms with E-state index in [4.69, 9.17) is 4.74 Å². The number of carbonyl (C=O) groups excluding carboxylic acids is 1. The number of benzene rings is 1. The van der Waals surface area contributed by atoms with Crippen molar-refractivity contribution in [1.29, 1.82) is 0 Å². The van der Waals surface area contributed by atoms with Crippen LogP contribution in [0.3, 0.4) is 0 Å². The van der Waals surface area contributed by atoms with Crippen molar-refractivity contribution in [1.82, 2.24) is 15.5 Å². The van der Waals surface area contributed by atoms with Gasteiger partial charge in [-0.1, -0.05) is 18.2 Å². The van der Waals surface area contributed by atoms with Gasteiger partial charge >= 0.3 is 6.09 Å². The minimum absolute atomic E-state index is 0.396. The molecule has 0 unspecified atom stereocenters. The fourth-order valence-electron chi connectivity index (χ4n) is 1.69.